The fourth-order valence-corrected chi connectivity index (χ4v) is 2.63. The second-order valence-electron chi connectivity index (χ2n) is 3.91. The summed E-state index contributed by atoms with van der Waals surface area (Å²) in [7, 11) is 1.43. The van der Waals surface area contributed by atoms with Gasteiger partial charge in [0.05, 0.1) is 12.8 Å². The summed E-state index contributed by atoms with van der Waals surface area (Å²) in [5.41, 5.74) is 7.10. The van der Waals surface area contributed by atoms with Crippen LogP contribution in [0.1, 0.15) is 5.69 Å². The van der Waals surface area contributed by atoms with Crippen molar-refractivity contribution in [1.29, 1.82) is 0 Å². The third-order valence-electron chi connectivity index (χ3n) is 2.77. The molecule has 0 atom stereocenters. The molecule has 7 heteroatoms. The molecule has 0 saturated carbocycles. The number of fused-ring (bicyclic) bond motifs is 1. The average Bonchev–Trinajstić information content (AvgIpc) is 2.98. The van der Waals surface area contributed by atoms with Crippen LogP contribution in [0.5, 0.6) is 5.75 Å². The summed E-state index contributed by atoms with van der Waals surface area (Å²) in [6, 6.07) is 4.65. The van der Waals surface area contributed by atoms with E-state index < -0.39 is 5.82 Å². The van der Waals surface area contributed by atoms with Crippen LogP contribution in [0, 0.1) is 5.82 Å². The number of thiazole rings is 1. The maximum Gasteiger partial charge on any atom is 0.212 e. The van der Waals surface area contributed by atoms with Gasteiger partial charge in [-0.05, 0) is 18.2 Å². The van der Waals surface area contributed by atoms with Gasteiger partial charge in [-0.3, -0.25) is 0 Å². The first kappa shape index (κ1) is 12.1. The Morgan fingerprint density at radius 3 is 3.00 bits per heavy atom. The largest absolute Gasteiger partial charge is 0.494 e. The molecule has 3 rings (SSSR count). The fourth-order valence-electron chi connectivity index (χ4n) is 1.79. The minimum Gasteiger partial charge on any atom is -0.494 e. The first-order valence-electron chi connectivity index (χ1n) is 5.60. The third-order valence-corrected chi connectivity index (χ3v) is 3.63. The Bertz CT molecular complexity index is 736. The van der Waals surface area contributed by atoms with E-state index in [4.69, 9.17) is 10.5 Å². The zero-order valence-corrected chi connectivity index (χ0v) is 10.9. The molecule has 5 nitrogen and oxygen atoms in total. The molecular formula is C12H11FN4OS. The van der Waals surface area contributed by atoms with Gasteiger partial charge in [-0.15, -0.1) is 16.4 Å². The number of hydrogen-bond donors (Lipinski definition) is 1. The first-order chi connectivity index (χ1) is 9.22. The lowest BCUT2D eigenvalue weighted by Gasteiger charge is -2.02. The number of aromatic nitrogens is 3. The molecule has 19 heavy (non-hydrogen) atoms. The van der Waals surface area contributed by atoms with Crippen LogP contribution in [0.2, 0.25) is 0 Å². The van der Waals surface area contributed by atoms with Crippen molar-refractivity contribution in [2.45, 2.75) is 6.54 Å². The van der Waals surface area contributed by atoms with E-state index in [1.54, 1.807) is 16.6 Å². The molecule has 2 aromatic heterocycles. The molecule has 0 saturated heterocycles. The molecule has 0 radical (unpaired) electrons. The molecule has 0 unspecified atom stereocenters. The summed E-state index contributed by atoms with van der Waals surface area (Å²) in [5.74, 6) is 0.243. The van der Waals surface area contributed by atoms with Gasteiger partial charge in [-0.1, -0.05) is 0 Å². The van der Waals surface area contributed by atoms with Gasteiger partial charge in [0.2, 0.25) is 4.96 Å². The Morgan fingerprint density at radius 2 is 2.32 bits per heavy atom. The normalized spacial score (nSPS) is 11.1. The lowest BCUT2D eigenvalue weighted by molar-refractivity contribution is 0.386. The van der Waals surface area contributed by atoms with E-state index in [2.05, 4.69) is 10.1 Å². The number of nitrogens with zero attached hydrogens (tertiary/aromatic N) is 3. The maximum absolute atomic E-state index is 13.7. The number of methoxy groups -OCH3 is 1. The fraction of sp³-hybridized carbons (Fsp3) is 0.167. The zero-order chi connectivity index (χ0) is 13.4. The van der Waals surface area contributed by atoms with Crippen LogP contribution in [-0.4, -0.2) is 21.7 Å². The molecule has 3 aromatic rings. The number of halogens is 1. The van der Waals surface area contributed by atoms with E-state index in [1.165, 1.54) is 24.5 Å². The molecule has 2 N–H and O–H groups in total. The minimum absolute atomic E-state index is 0.201. The van der Waals surface area contributed by atoms with Gasteiger partial charge >= 0.3 is 0 Å². The van der Waals surface area contributed by atoms with Gasteiger partial charge in [0.15, 0.2) is 17.4 Å². The molecule has 98 valence electrons. The number of hydrogen-bond acceptors (Lipinski definition) is 5. The van der Waals surface area contributed by atoms with Crippen LogP contribution in [0.3, 0.4) is 0 Å². The van der Waals surface area contributed by atoms with Crippen LogP contribution in [-0.2, 0) is 6.54 Å². The molecule has 0 aliphatic heterocycles. The van der Waals surface area contributed by atoms with Gasteiger partial charge < -0.3 is 10.5 Å². The number of nitrogens with two attached hydrogens (primary N) is 1. The number of benzene rings is 1. The van der Waals surface area contributed by atoms with Crippen molar-refractivity contribution in [3.05, 3.63) is 35.1 Å². The monoisotopic (exact) mass is 278 g/mol. The van der Waals surface area contributed by atoms with Crippen LogP contribution in [0.4, 0.5) is 4.39 Å². The highest BCUT2D eigenvalue weighted by atomic mass is 32.1. The zero-order valence-electron chi connectivity index (χ0n) is 10.1. The summed E-state index contributed by atoms with van der Waals surface area (Å²) < 4.78 is 20.2. The van der Waals surface area contributed by atoms with Gasteiger partial charge in [0.1, 0.15) is 0 Å². The smallest absolute Gasteiger partial charge is 0.212 e. The van der Waals surface area contributed by atoms with Crippen molar-refractivity contribution in [1.82, 2.24) is 14.6 Å². The van der Waals surface area contributed by atoms with Gasteiger partial charge in [-0.2, -0.15) is 4.98 Å². The minimum atomic E-state index is -0.433. The molecule has 0 spiro atoms. The molecule has 1 aromatic carbocycles. The molecule has 0 fully saturated rings. The Labute approximate surface area is 112 Å². The molecule has 0 amide bonds. The quantitative estimate of drug-likeness (QED) is 0.796. The average molecular weight is 278 g/mol. The van der Waals surface area contributed by atoms with Crippen molar-refractivity contribution in [3.63, 3.8) is 0 Å². The topological polar surface area (TPSA) is 65.4 Å². The van der Waals surface area contributed by atoms with Crippen molar-refractivity contribution >= 4 is 16.3 Å². The summed E-state index contributed by atoms with van der Waals surface area (Å²) >= 11 is 1.46. The Hall–Kier alpha value is -1.99. The number of rotatable bonds is 3. The summed E-state index contributed by atoms with van der Waals surface area (Å²) in [6.07, 6.45) is 0. The van der Waals surface area contributed by atoms with Crippen LogP contribution < -0.4 is 10.5 Å². The van der Waals surface area contributed by atoms with Crippen molar-refractivity contribution in [2.24, 2.45) is 5.73 Å². The van der Waals surface area contributed by atoms with Gasteiger partial charge in [0, 0.05) is 17.5 Å². The van der Waals surface area contributed by atoms with E-state index >= 15 is 0 Å². The molecule has 0 bridgehead atoms. The van der Waals surface area contributed by atoms with Crippen molar-refractivity contribution in [2.75, 3.05) is 7.11 Å². The lowest BCUT2D eigenvalue weighted by atomic mass is 10.2. The van der Waals surface area contributed by atoms with Crippen molar-refractivity contribution < 1.29 is 9.13 Å². The molecular weight excluding hydrogens is 267 g/mol. The Balaban J connectivity index is 2.08. The lowest BCUT2D eigenvalue weighted by Crippen LogP contribution is -2.01. The summed E-state index contributed by atoms with van der Waals surface area (Å²) in [5, 5.41) is 6.25. The second kappa shape index (κ2) is 4.60. The standard InChI is InChI=1S/C12H11FN4OS/c1-18-10-3-2-7(4-9(10)13)11-15-12-17(16-11)8(5-14)6-19-12/h2-4,6H,5,14H2,1H3. The maximum atomic E-state index is 13.7. The van der Waals surface area contributed by atoms with Gasteiger partial charge in [-0.25, -0.2) is 8.91 Å². The van der Waals surface area contributed by atoms with Crippen molar-refractivity contribution in [3.8, 4) is 17.1 Å². The van der Waals surface area contributed by atoms with E-state index in [1.807, 2.05) is 5.38 Å². The highest BCUT2D eigenvalue weighted by Gasteiger charge is 2.12. The predicted molar refractivity (Wildman–Crippen MR) is 70.7 cm³/mol. The first-order valence-corrected chi connectivity index (χ1v) is 6.48. The molecule has 0 aliphatic carbocycles. The predicted octanol–water partition coefficient (Wildman–Crippen LogP) is 2.06. The van der Waals surface area contributed by atoms with Crippen LogP contribution in [0.15, 0.2) is 23.6 Å². The third kappa shape index (κ3) is 1.96. The highest BCUT2D eigenvalue weighted by Crippen LogP contribution is 2.25. The molecule has 2 heterocycles. The Kier molecular flexibility index (Phi) is 2.92. The SMILES string of the molecule is COc1ccc(-c2nc3scc(CN)n3n2)cc1F. The van der Waals surface area contributed by atoms with E-state index in [-0.39, 0.29) is 5.75 Å². The Morgan fingerprint density at radius 1 is 1.47 bits per heavy atom. The highest BCUT2D eigenvalue weighted by molar-refractivity contribution is 7.15. The van der Waals surface area contributed by atoms with E-state index in [0.717, 1.165) is 10.7 Å². The molecule has 0 aliphatic rings. The van der Waals surface area contributed by atoms with Crippen LogP contribution in [0.25, 0.3) is 16.3 Å². The van der Waals surface area contributed by atoms with E-state index in [0.29, 0.717) is 17.9 Å². The van der Waals surface area contributed by atoms with E-state index in [9.17, 15) is 4.39 Å². The summed E-state index contributed by atoms with van der Waals surface area (Å²) in [4.78, 5) is 5.10. The number of ether oxygens (including phenoxy) is 1. The van der Waals surface area contributed by atoms with Crippen LogP contribution >= 0.6 is 11.3 Å². The van der Waals surface area contributed by atoms with Gasteiger partial charge in [0.25, 0.3) is 0 Å². The summed E-state index contributed by atoms with van der Waals surface area (Å²) in [6.45, 7) is 0.389. The second-order valence-corrected chi connectivity index (χ2v) is 4.75.